The van der Waals surface area contributed by atoms with Crippen molar-refractivity contribution in [2.24, 2.45) is 7.05 Å². The smallest absolute Gasteiger partial charge is 0.143 e. The van der Waals surface area contributed by atoms with Gasteiger partial charge < -0.3 is 9.47 Å². The first-order chi connectivity index (χ1) is 8.08. The van der Waals surface area contributed by atoms with E-state index in [0.717, 1.165) is 16.1 Å². The number of hydrogen-bond acceptors (Lipinski definition) is 3. The second kappa shape index (κ2) is 5.06. The highest BCUT2D eigenvalue weighted by Crippen LogP contribution is 2.26. The van der Waals surface area contributed by atoms with Gasteiger partial charge in [0.15, 0.2) is 0 Å². The van der Waals surface area contributed by atoms with Crippen LogP contribution in [0.4, 0.5) is 5.82 Å². The number of halogens is 2. The summed E-state index contributed by atoms with van der Waals surface area (Å²) < 4.78 is 2.86. The summed E-state index contributed by atoms with van der Waals surface area (Å²) in [6.45, 7) is 0.691. The van der Waals surface area contributed by atoms with Crippen molar-refractivity contribution >= 4 is 33.3 Å². The fourth-order valence-electron chi connectivity index (χ4n) is 1.52. The fourth-order valence-corrected chi connectivity index (χ4v) is 2.47. The first-order valence-electron chi connectivity index (χ1n) is 5.06. The first-order valence-corrected chi connectivity index (χ1v) is 6.23. The minimum atomic E-state index is 0.617. The number of hydrogen-bond donors (Lipinski definition) is 0. The Morgan fingerprint density at radius 2 is 2.24 bits per heavy atom. The number of rotatable bonds is 3. The van der Waals surface area contributed by atoms with Crippen molar-refractivity contribution in [2.75, 3.05) is 11.9 Å². The molecule has 0 fully saturated rings. The van der Waals surface area contributed by atoms with Gasteiger partial charge in [0.2, 0.25) is 0 Å². The second-order valence-corrected chi connectivity index (χ2v) is 5.06. The van der Waals surface area contributed by atoms with Crippen molar-refractivity contribution in [3.8, 4) is 0 Å². The number of imidazole rings is 1. The molecule has 0 aliphatic rings. The molecule has 2 rings (SSSR count). The van der Waals surface area contributed by atoms with Crippen LogP contribution in [0.2, 0.25) is 5.02 Å². The maximum Gasteiger partial charge on any atom is 0.143 e. The molecule has 0 saturated heterocycles. The van der Waals surface area contributed by atoms with Gasteiger partial charge in [-0.05, 0) is 22.0 Å². The third-order valence-electron chi connectivity index (χ3n) is 2.45. The number of nitrogens with zero attached hydrogens (tertiary/aromatic N) is 4. The van der Waals surface area contributed by atoms with E-state index in [4.69, 9.17) is 11.6 Å². The van der Waals surface area contributed by atoms with Crippen LogP contribution in [-0.4, -0.2) is 21.6 Å². The van der Waals surface area contributed by atoms with Gasteiger partial charge in [0, 0.05) is 32.7 Å². The Kier molecular flexibility index (Phi) is 3.69. The molecule has 2 heterocycles. The van der Waals surface area contributed by atoms with E-state index in [-0.39, 0.29) is 0 Å². The Morgan fingerprint density at radius 1 is 1.47 bits per heavy atom. The van der Waals surface area contributed by atoms with Crippen molar-refractivity contribution in [1.29, 1.82) is 0 Å². The van der Waals surface area contributed by atoms with Gasteiger partial charge in [-0.25, -0.2) is 9.97 Å². The molecular formula is C11H12BrClN4. The standard InChI is InChI=1S/C11H12BrClN4/c1-16-4-3-14-10(16)7-17(2)11-9(12)5-8(13)6-15-11/h3-6H,7H2,1-2H3. The van der Waals surface area contributed by atoms with Crippen LogP contribution in [0.15, 0.2) is 29.1 Å². The Hall–Kier alpha value is -1.07. The number of anilines is 1. The van der Waals surface area contributed by atoms with E-state index in [9.17, 15) is 0 Å². The van der Waals surface area contributed by atoms with Gasteiger partial charge in [0.1, 0.15) is 11.6 Å². The van der Waals surface area contributed by atoms with Gasteiger partial charge in [-0.15, -0.1) is 0 Å². The lowest BCUT2D eigenvalue weighted by atomic mass is 10.4. The average Bonchev–Trinajstić information content (AvgIpc) is 2.64. The van der Waals surface area contributed by atoms with Gasteiger partial charge in [-0.2, -0.15) is 0 Å². The summed E-state index contributed by atoms with van der Waals surface area (Å²) in [4.78, 5) is 10.6. The zero-order valence-corrected chi connectivity index (χ0v) is 11.9. The Bertz CT molecular complexity index is 526. The van der Waals surface area contributed by atoms with Crippen molar-refractivity contribution < 1.29 is 0 Å². The number of pyridine rings is 1. The summed E-state index contributed by atoms with van der Waals surface area (Å²) in [5.74, 6) is 1.83. The number of aryl methyl sites for hydroxylation is 1. The summed E-state index contributed by atoms with van der Waals surface area (Å²) in [6.07, 6.45) is 5.34. The van der Waals surface area contributed by atoms with Crippen molar-refractivity contribution in [3.05, 3.63) is 40.0 Å². The quantitative estimate of drug-likeness (QED) is 0.873. The second-order valence-electron chi connectivity index (χ2n) is 3.77. The molecule has 6 heteroatoms. The highest BCUT2D eigenvalue weighted by Gasteiger charge is 2.10. The monoisotopic (exact) mass is 314 g/mol. The molecule has 0 spiro atoms. The summed E-state index contributed by atoms with van der Waals surface area (Å²) in [7, 11) is 3.94. The molecule has 0 aliphatic heterocycles. The van der Waals surface area contributed by atoms with Crippen LogP contribution in [0.1, 0.15) is 5.82 Å². The topological polar surface area (TPSA) is 34.0 Å². The lowest BCUT2D eigenvalue weighted by Gasteiger charge is -2.19. The van der Waals surface area contributed by atoms with E-state index in [1.807, 2.05) is 35.8 Å². The van der Waals surface area contributed by atoms with Crippen LogP contribution in [0.25, 0.3) is 0 Å². The average molecular weight is 316 g/mol. The SMILES string of the molecule is CN(Cc1nccn1C)c1ncc(Cl)cc1Br. The van der Waals surface area contributed by atoms with Gasteiger partial charge in [-0.3, -0.25) is 0 Å². The molecule has 0 bridgehead atoms. The maximum absolute atomic E-state index is 5.86. The largest absolute Gasteiger partial charge is 0.351 e. The third-order valence-corrected chi connectivity index (χ3v) is 3.24. The van der Waals surface area contributed by atoms with E-state index in [1.54, 1.807) is 12.4 Å². The molecule has 0 N–H and O–H groups in total. The zero-order valence-electron chi connectivity index (χ0n) is 9.56. The van der Waals surface area contributed by atoms with Gasteiger partial charge >= 0.3 is 0 Å². The van der Waals surface area contributed by atoms with Crippen LogP contribution >= 0.6 is 27.5 Å². The van der Waals surface area contributed by atoms with Crippen LogP contribution in [0.3, 0.4) is 0 Å². The van der Waals surface area contributed by atoms with Crippen LogP contribution < -0.4 is 4.90 Å². The highest BCUT2D eigenvalue weighted by atomic mass is 79.9. The van der Waals surface area contributed by atoms with E-state index in [2.05, 4.69) is 25.9 Å². The minimum absolute atomic E-state index is 0.617. The van der Waals surface area contributed by atoms with Crippen molar-refractivity contribution in [2.45, 2.75) is 6.54 Å². The number of aromatic nitrogens is 3. The molecule has 2 aromatic rings. The van der Waals surface area contributed by atoms with Gasteiger partial charge in [0.25, 0.3) is 0 Å². The molecule has 17 heavy (non-hydrogen) atoms. The third kappa shape index (κ3) is 2.79. The minimum Gasteiger partial charge on any atom is -0.351 e. The molecule has 0 radical (unpaired) electrons. The van der Waals surface area contributed by atoms with E-state index in [0.29, 0.717) is 11.6 Å². The van der Waals surface area contributed by atoms with Crippen LogP contribution in [0, 0.1) is 0 Å². The highest BCUT2D eigenvalue weighted by molar-refractivity contribution is 9.10. The summed E-state index contributed by atoms with van der Waals surface area (Å²) in [6, 6.07) is 1.83. The summed E-state index contributed by atoms with van der Waals surface area (Å²) in [5, 5.41) is 0.617. The van der Waals surface area contributed by atoms with Gasteiger partial charge in [-0.1, -0.05) is 11.6 Å². The molecule has 0 atom stereocenters. The zero-order chi connectivity index (χ0) is 12.4. The lowest BCUT2D eigenvalue weighted by molar-refractivity contribution is 0.754. The predicted molar refractivity (Wildman–Crippen MR) is 72.3 cm³/mol. The molecule has 0 unspecified atom stereocenters. The molecule has 4 nitrogen and oxygen atoms in total. The van der Waals surface area contributed by atoms with Crippen LogP contribution in [-0.2, 0) is 13.6 Å². The molecule has 0 amide bonds. The Balaban J connectivity index is 2.20. The van der Waals surface area contributed by atoms with Crippen molar-refractivity contribution in [1.82, 2.24) is 14.5 Å². The van der Waals surface area contributed by atoms with E-state index < -0.39 is 0 Å². The Labute approximate surface area is 113 Å². The molecule has 0 aromatic carbocycles. The van der Waals surface area contributed by atoms with Crippen molar-refractivity contribution in [3.63, 3.8) is 0 Å². The summed E-state index contributed by atoms with van der Waals surface area (Å²) in [5.41, 5.74) is 0. The Morgan fingerprint density at radius 3 is 2.82 bits per heavy atom. The van der Waals surface area contributed by atoms with E-state index >= 15 is 0 Å². The van der Waals surface area contributed by atoms with E-state index in [1.165, 1.54) is 0 Å². The first kappa shape index (κ1) is 12.4. The predicted octanol–water partition coefficient (Wildman–Crippen LogP) is 2.87. The summed E-state index contributed by atoms with van der Waals surface area (Å²) >= 11 is 9.32. The molecule has 0 saturated carbocycles. The molecule has 90 valence electrons. The van der Waals surface area contributed by atoms with Crippen LogP contribution in [0.5, 0.6) is 0 Å². The lowest BCUT2D eigenvalue weighted by Crippen LogP contribution is -2.20. The molecular weight excluding hydrogens is 304 g/mol. The molecule has 2 aromatic heterocycles. The molecule has 0 aliphatic carbocycles. The van der Waals surface area contributed by atoms with Gasteiger partial charge in [0.05, 0.1) is 16.0 Å². The fraction of sp³-hybridized carbons (Fsp3) is 0.273. The maximum atomic E-state index is 5.86. The normalized spacial score (nSPS) is 10.6.